The normalized spacial score (nSPS) is 20.1. The van der Waals surface area contributed by atoms with Crippen molar-refractivity contribution in [2.24, 2.45) is 0 Å². The first kappa shape index (κ1) is 13.7. The molecular weight excluding hydrogens is 285 g/mol. The molecule has 5 nitrogen and oxygen atoms in total. The Hall–Kier alpha value is -1.77. The van der Waals surface area contributed by atoms with Crippen LogP contribution in [0.15, 0.2) is 12.1 Å². The van der Waals surface area contributed by atoms with Crippen molar-refractivity contribution in [2.75, 3.05) is 17.2 Å². The second-order valence-electron chi connectivity index (χ2n) is 4.11. The second-order valence-corrected chi connectivity index (χ2v) is 5.72. The van der Waals surface area contributed by atoms with Crippen LogP contribution >= 0.6 is 0 Å². The van der Waals surface area contributed by atoms with E-state index in [1.807, 2.05) is 0 Å². The molecule has 9 heteroatoms. The van der Waals surface area contributed by atoms with Gasteiger partial charge in [0.15, 0.2) is 11.6 Å². The molecule has 1 unspecified atom stereocenters. The molecule has 1 aromatic carbocycles. The van der Waals surface area contributed by atoms with E-state index in [1.165, 1.54) is 0 Å². The van der Waals surface area contributed by atoms with Crippen molar-refractivity contribution < 1.29 is 25.9 Å². The minimum atomic E-state index is -4.93. The maximum atomic E-state index is 13.6. The molecule has 1 fully saturated rings. The third kappa shape index (κ3) is 2.37. The molecule has 0 radical (unpaired) electrons. The van der Waals surface area contributed by atoms with Crippen molar-refractivity contribution in [3.8, 4) is 0 Å². The Kier molecular flexibility index (Phi) is 3.17. The zero-order chi connectivity index (χ0) is 14.4. The summed E-state index contributed by atoms with van der Waals surface area (Å²) in [5, 5.41) is -1.60. The van der Waals surface area contributed by atoms with Crippen molar-refractivity contribution in [1.82, 2.24) is 0 Å². The van der Waals surface area contributed by atoms with Gasteiger partial charge in [0.05, 0.1) is 5.69 Å². The molecule has 104 valence electrons. The maximum Gasteiger partial charge on any atom is 0.307 e. The van der Waals surface area contributed by atoms with Gasteiger partial charge in [0.1, 0.15) is 10.9 Å². The number of carbonyl (C=O) groups excluding carboxylic acids is 1. The first-order chi connectivity index (χ1) is 8.71. The van der Waals surface area contributed by atoms with Gasteiger partial charge in [0, 0.05) is 13.0 Å². The van der Waals surface area contributed by atoms with E-state index < -0.39 is 51.7 Å². The molecule has 1 aliphatic heterocycles. The molecule has 0 saturated carbocycles. The van der Waals surface area contributed by atoms with Gasteiger partial charge < -0.3 is 10.6 Å². The fraction of sp³-hybridized carbons (Fsp3) is 0.300. The lowest BCUT2D eigenvalue weighted by Gasteiger charge is -2.19. The molecule has 1 amide bonds. The third-order valence-electron chi connectivity index (χ3n) is 2.86. The number of nitrogen functional groups attached to an aromatic ring is 1. The number of hydrogen-bond acceptors (Lipinski definition) is 4. The Bertz CT molecular complexity index is 648. The lowest BCUT2D eigenvalue weighted by molar-refractivity contribution is -0.117. The number of nitrogens with two attached hydrogens (primary N) is 1. The Morgan fingerprint density at radius 3 is 2.47 bits per heavy atom. The van der Waals surface area contributed by atoms with Gasteiger partial charge in [0.2, 0.25) is 5.91 Å². The molecule has 1 heterocycles. The number of hydrogen-bond donors (Lipinski definition) is 1. The van der Waals surface area contributed by atoms with E-state index in [-0.39, 0.29) is 5.69 Å². The minimum absolute atomic E-state index is 0.232. The Balaban J connectivity index is 2.45. The van der Waals surface area contributed by atoms with Crippen LogP contribution in [-0.4, -0.2) is 26.1 Å². The molecule has 0 bridgehead atoms. The molecular formula is C10H9F3N2O3S. The van der Waals surface area contributed by atoms with E-state index in [0.29, 0.717) is 4.90 Å². The van der Waals surface area contributed by atoms with Crippen LogP contribution in [0.4, 0.5) is 24.0 Å². The average molecular weight is 294 g/mol. The number of halogens is 3. The number of amides is 1. The second kappa shape index (κ2) is 4.41. The van der Waals surface area contributed by atoms with Gasteiger partial charge in [-0.15, -0.1) is 3.89 Å². The van der Waals surface area contributed by atoms with Crippen molar-refractivity contribution in [1.29, 1.82) is 0 Å². The number of rotatable bonds is 2. The quantitative estimate of drug-likeness (QED) is 0.650. The number of carbonyl (C=O) groups is 1. The Morgan fingerprint density at radius 2 is 1.95 bits per heavy atom. The smallest absolute Gasteiger partial charge is 0.307 e. The first-order valence-corrected chi connectivity index (χ1v) is 6.63. The van der Waals surface area contributed by atoms with E-state index in [2.05, 4.69) is 0 Å². The van der Waals surface area contributed by atoms with Gasteiger partial charge in [0.25, 0.3) is 0 Å². The molecule has 1 saturated heterocycles. The summed E-state index contributed by atoms with van der Waals surface area (Å²) in [7, 11) is -4.93. The van der Waals surface area contributed by atoms with Crippen LogP contribution in [-0.2, 0) is 15.0 Å². The molecule has 1 aromatic rings. The lowest BCUT2D eigenvalue weighted by Crippen LogP contribution is -2.28. The standard InChI is InChI=1S/C10H9F3N2O3S/c11-6-1-2-7(14)10(9(6)12)15-4-5(3-8(15)16)19(13,17)18/h1-2,5H,3-4,14H2. The van der Waals surface area contributed by atoms with Crippen LogP contribution in [0.1, 0.15) is 6.42 Å². The zero-order valence-electron chi connectivity index (χ0n) is 9.44. The summed E-state index contributed by atoms with van der Waals surface area (Å²) in [6.45, 7) is -0.595. The summed E-state index contributed by atoms with van der Waals surface area (Å²) >= 11 is 0. The van der Waals surface area contributed by atoms with Gasteiger partial charge >= 0.3 is 10.2 Å². The van der Waals surface area contributed by atoms with Crippen LogP contribution < -0.4 is 10.6 Å². The number of anilines is 2. The molecule has 0 aromatic heterocycles. The van der Waals surface area contributed by atoms with E-state index in [4.69, 9.17) is 5.73 Å². The van der Waals surface area contributed by atoms with Gasteiger partial charge in [-0.3, -0.25) is 4.79 Å². The predicted octanol–water partition coefficient (Wildman–Crippen LogP) is 0.952. The summed E-state index contributed by atoms with van der Waals surface area (Å²) in [5.74, 6) is -3.43. The molecule has 2 N–H and O–H groups in total. The van der Waals surface area contributed by atoms with E-state index in [1.54, 1.807) is 0 Å². The topological polar surface area (TPSA) is 80.5 Å². The molecule has 1 aliphatic rings. The summed E-state index contributed by atoms with van der Waals surface area (Å²) in [5.41, 5.74) is 4.65. The van der Waals surface area contributed by atoms with E-state index >= 15 is 0 Å². The van der Waals surface area contributed by atoms with Gasteiger partial charge in [-0.05, 0) is 12.1 Å². The number of benzene rings is 1. The molecule has 2 rings (SSSR count). The largest absolute Gasteiger partial charge is 0.397 e. The highest BCUT2D eigenvalue weighted by atomic mass is 32.3. The average Bonchev–Trinajstić information content (AvgIpc) is 2.67. The summed E-state index contributed by atoms with van der Waals surface area (Å²) in [6.07, 6.45) is -0.631. The molecule has 0 aliphatic carbocycles. The highest BCUT2D eigenvalue weighted by Crippen LogP contribution is 2.33. The Labute approximate surface area is 107 Å². The predicted molar refractivity (Wildman–Crippen MR) is 61.6 cm³/mol. The van der Waals surface area contributed by atoms with Crippen molar-refractivity contribution in [3.63, 3.8) is 0 Å². The van der Waals surface area contributed by atoms with Crippen LogP contribution in [0.25, 0.3) is 0 Å². The highest BCUT2D eigenvalue weighted by Gasteiger charge is 2.40. The number of nitrogens with zero attached hydrogens (tertiary/aromatic N) is 1. The van der Waals surface area contributed by atoms with Gasteiger partial charge in [-0.25, -0.2) is 8.78 Å². The van der Waals surface area contributed by atoms with Crippen molar-refractivity contribution in [2.45, 2.75) is 11.7 Å². The van der Waals surface area contributed by atoms with Gasteiger partial charge in [-0.2, -0.15) is 8.42 Å². The SMILES string of the molecule is Nc1ccc(F)c(F)c1N1CC(S(=O)(=O)F)CC1=O. The summed E-state index contributed by atoms with van der Waals surface area (Å²) < 4.78 is 61.1. The Morgan fingerprint density at radius 1 is 1.32 bits per heavy atom. The maximum absolute atomic E-state index is 13.6. The third-order valence-corrected chi connectivity index (χ3v) is 3.97. The lowest BCUT2D eigenvalue weighted by atomic mass is 10.2. The van der Waals surface area contributed by atoms with Crippen LogP contribution in [0.3, 0.4) is 0 Å². The highest BCUT2D eigenvalue weighted by molar-refractivity contribution is 7.87. The molecule has 1 atom stereocenters. The van der Waals surface area contributed by atoms with Crippen LogP contribution in [0.5, 0.6) is 0 Å². The summed E-state index contributed by atoms with van der Waals surface area (Å²) in [4.78, 5) is 12.2. The minimum Gasteiger partial charge on any atom is -0.397 e. The van der Waals surface area contributed by atoms with Crippen LogP contribution in [0.2, 0.25) is 0 Å². The fourth-order valence-corrected chi connectivity index (χ4v) is 2.58. The first-order valence-electron chi connectivity index (χ1n) is 5.19. The molecule has 0 spiro atoms. The van der Waals surface area contributed by atoms with Gasteiger partial charge in [-0.1, -0.05) is 0 Å². The van der Waals surface area contributed by atoms with E-state index in [9.17, 15) is 25.9 Å². The fourth-order valence-electron chi connectivity index (χ4n) is 1.91. The summed E-state index contributed by atoms with van der Waals surface area (Å²) in [6, 6.07) is 1.82. The van der Waals surface area contributed by atoms with Crippen LogP contribution in [0, 0.1) is 11.6 Å². The van der Waals surface area contributed by atoms with Crippen molar-refractivity contribution in [3.05, 3.63) is 23.8 Å². The molecule has 19 heavy (non-hydrogen) atoms. The monoisotopic (exact) mass is 294 g/mol. The van der Waals surface area contributed by atoms with Crippen molar-refractivity contribution >= 4 is 27.5 Å². The van der Waals surface area contributed by atoms with E-state index in [0.717, 1.165) is 12.1 Å². The zero-order valence-corrected chi connectivity index (χ0v) is 10.3.